The summed E-state index contributed by atoms with van der Waals surface area (Å²) in [6, 6.07) is 13.4. The maximum Gasteiger partial charge on any atom is 0.320 e. The molecule has 3 rings (SSSR count). The molecule has 2 aromatic rings. The quantitative estimate of drug-likeness (QED) is 0.859. The van der Waals surface area contributed by atoms with Crippen molar-refractivity contribution in [2.75, 3.05) is 32.7 Å². The highest BCUT2D eigenvalue weighted by Gasteiger charge is 2.28. The summed E-state index contributed by atoms with van der Waals surface area (Å²) in [6.07, 6.45) is 1.50. The first kappa shape index (κ1) is 17.1. The molecule has 1 aromatic heterocycles. The Morgan fingerprint density at radius 1 is 1.00 bits per heavy atom. The summed E-state index contributed by atoms with van der Waals surface area (Å²) in [5.74, 6) is 0.229. The van der Waals surface area contributed by atoms with Crippen molar-refractivity contribution in [3.8, 4) is 0 Å². The van der Waals surface area contributed by atoms with Gasteiger partial charge in [-0.05, 0) is 24.6 Å². The van der Waals surface area contributed by atoms with Gasteiger partial charge >= 0.3 is 6.03 Å². The zero-order valence-corrected chi connectivity index (χ0v) is 14.4. The molecule has 0 saturated carbocycles. The van der Waals surface area contributed by atoms with E-state index in [2.05, 4.69) is 0 Å². The number of hydrogen-bond donors (Lipinski definition) is 0. The van der Waals surface area contributed by atoms with Crippen molar-refractivity contribution < 1.29 is 14.0 Å². The predicted octanol–water partition coefficient (Wildman–Crippen LogP) is 2.68. The number of amides is 3. The average molecular weight is 341 g/mol. The lowest BCUT2D eigenvalue weighted by molar-refractivity contribution is 0.0609. The Hall–Kier alpha value is -2.76. The number of piperazine rings is 1. The van der Waals surface area contributed by atoms with Gasteiger partial charge in [0, 0.05) is 39.3 Å². The molecule has 1 aliphatic heterocycles. The van der Waals surface area contributed by atoms with Crippen LogP contribution in [0.2, 0.25) is 0 Å². The third kappa shape index (κ3) is 4.02. The molecule has 0 bridgehead atoms. The van der Waals surface area contributed by atoms with Crippen LogP contribution in [0.15, 0.2) is 53.1 Å². The summed E-state index contributed by atoms with van der Waals surface area (Å²) in [6.45, 7) is 5.36. The molecule has 1 aliphatic rings. The van der Waals surface area contributed by atoms with Gasteiger partial charge in [0.25, 0.3) is 5.91 Å². The molecule has 0 aliphatic carbocycles. The van der Waals surface area contributed by atoms with Crippen LogP contribution >= 0.6 is 0 Å². The minimum absolute atomic E-state index is 0.0245. The molecule has 2 heterocycles. The second-order valence-electron chi connectivity index (χ2n) is 6.04. The lowest BCUT2D eigenvalue weighted by Gasteiger charge is -2.37. The van der Waals surface area contributed by atoms with E-state index in [1.165, 1.54) is 6.26 Å². The van der Waals surface area contributed by atoms with Crippen LogP contribution in [-0.2, 0) is 6.54 Å². The van der Waals surface area contributed by atoms with E-state index in [0.29, 0.717) is 45.0 Å². The molecule has 0 N–H and O–H groups in total. The topological polar surface area (TPSA) is 57.0 Å². The molecule has 25 heavy (non-hydrogen) atoms. The molecule has 3 amide bonds. The first-order valence-electron chi connectivity index (χ1n) is 8.59. The van der Waals surface area contributed by atoms with Crippen LogP contribution in [0.3, 0.4) is 0 Å². The fraction of sp³-hybridized carbons (Fsp3) is 0.368. The van der Waals surface area contributed by atoms with Gasteiger partial charge in [-0.1, -0.05) is 30.3 Å². The van der Waals surface area contributed by atoms with E-state index >= 15 is 0 Å². The Balaban J connectivity index is 1.56. The molecule has 0 spiro atoms. The van der Waals surface area contributed by atoms with E-state index in [0.717, 1.165) is 5.56 Å². The summed E-state index contributed by atoms with van der Waals surface area (Å²) in [4.78, 5) is 30.4. The van der Waals surface area contributed by atoms with E-state index in [1.807, 2.05) is 47.1 Å². The highest BCUT2D eigenvalue weighted by Crippen LogP contribution is 2.12. The lowest BCUT2D eigenvalue weighted by Crippen LogP contribution is -2.53. The summed E-state index contributed by atoms with van der Waals surface area (Å²) in [5.41, 5.74) is 1.12. The summed E-state index contributed by atoms with van der Waals surface area (Å²) in [7, 11) is 0. The summed E-state index contributed by atoms with van der Waals surface area (Å²) < 4.78 is 5.16. The van der Waals surface area contributed by atoms with Crippen molar-refractivity contribution in [3.05, 3.63) is 60.1 Å². The van der Waals surface area contributed by atoms with Crippen LogP contribution in [0.25, 0.3) is 0 Å². The minimum atomic E-state index is -0.117. The number of benzene rings is 1. The number of urea groups is 1. The Morgan fingerprint density at radius 3 is 2.28 bits per heavy atom. The molecule has 6 nitrogen and oxygen atoms in total. The summed E-state index contributed by atoms with van der Waals surface area (Å²) >= 11 is 0. The van der Waals surface area contributed by atoms with Gasteiger partial charge in [0.15, 0.2) is 5.76 Å². The smallest absolute Gasteiger partial charge is 0.320 e. The first-order valence-corrected chi connectivity index (χ1v) is 8.59. The van der Waals surface area contributed by atoms with Gasteiger partial charge in [0.2, 0.25) is 0 Å². The van der Waals surface area contributed by atoms with E-state index in [9.17, 15) is 9.59 Å². The highest BCUT2D eigenvalue weighted by molar-refractivity contribution is 5.91. The Kier molecular flexibility index (Phi) is 5.38. The number of carbonyl (C=O) groups is 2. The van der Waals surface area contributed by atoms with Crippen LogP contribution < -0.4 is 0 Å². The molecular weight excluding hydrogens is 318 g/mol. The van der Waals surface area contributed by atoms with Crippen molar-refractivity contribution in [3.63, 3.8) is 0 Å². The van der Waals surface area contributed by atoms with Crippen LogP contribution in [0, 0.1) is 0 Å². The van der Waals surface area contributed by atoms with Crippen molar-refractivity contribution in [2.24, 2.45) is 0 Å². The predicted molar refractivity (Wildman–Crippen MR) is 94.1 cm³/mol. The molecule has 1 fully saturated rings. The van der Waals surface area contributed by atoms with Gasteiger partial charge in [-0.25, -0.2) is 4.79 Å². The zero-order valence-electron chi connectivity index (χ0n) is 14.4. The molecule has 6 heteroatoms. The van der Waals surface area contributed by atoms with E-state index in [1.54, 1.807) is 17.0 Å². The molecule has 132 valence electrons. The number of rotatable bonds is 4. The van der Waals surface area contributed by atoms with Crippen LogP contribution in [0.5, 0.6) is 0 Å². The van der Waals surface area contributed by atoms with E-state index in [-0.39, 0.29) is 11.9 Å². The molecule has 0 atom stereocenters. The third-order valence-corrected chi connectivity index (χ3v) is 4.44. The first-order chi connectivity index (χ1) is 12.2. The second-order valence-corrected chi connectivity index (χ2v) is 6.04. The summed E-state index contributed by atoms with van der Waals surface area (Å²) in [5, 5.41) is 0. The monoisotopic (exact) mass is 341 g/mol. The van der Waals surface area contributed by atoms with E-state index in [4.69, 9.17) is 4.42 Å². The normalized spacial score (nSPS) is 14.4. The Morgan fingerprint density at radius 2 is 1.68 bits per heavy atom. The largest absolute Gasteiger partial charge is 0.459 e. The molecule has 1 aromatic carbocycles. The molecule has 1 saturated heterocycles. The molecule has 0 unspecified atom stereocenters. The minimum Gasteiger partial charge on any atom is -0.459 e. The second kappa shape index (κ2) is 7.88. The number of hydrogen-bond acceptors (Lipinski definition) is 3. The van der Waals surface area contributed by atoms with Crippen molar-refractivity contribution in [2.45, 2.75) is 13.5 Å². The average Bonchev–Trinajstić information content (AvgIpc) is 3.21. The molecule has 0 radical (unpaired) electrons. The maximum absolute atomic E-state index is 12.8. The standard InChI is InChI=1S/C19H23N3O3/c1-2-20(15-16-7-4-3-5-8-16)19(24)22-12-10-21(11-13-22)18(23)17-9-6-14-25-17/h3-9,14H,2,10-13,15H2,1H3. The number of furan rings is 1. The lowest BCUT2D eigenvalue weighted by atomic mass is 10.2. The fourth-order valence-corrected chi connectivity index (χ4v) is 2.98. The zero-order chi connectivity index (χ0) is 17.6. The number of nitrogens with zero attached hydrogens (tertiary/aromatic N) is 3. The van der Waals surface area contributed by atoms with Gasteiger partial charge < -0.3 is 19.1 Å². The van der Waals surface area contributed by atoms with Gasteiger partial charge in [-0.2, -0.15) is 0 Å². The van der Waals surface area contributed by atoms with Gasteiger partial charge in [-0.3, -0.25) is 4.79 Å². The Bertz CT molecular complexity index is 692. The maximum atomic E-state index is 12.8. The molecular formula is C19H23N3O3. The van der Waals surface area contributed by atoms with E-state index < -0.39 is 0 Å². The van der Waals surface area contributed by atoms with Crippen LogP contribution in [0.1, 0.15) is 23.0 Å². The SMILES string of the molecule is CCN(Cc1ccccc1)C(=O)N1CCN(C(=O)c2ccco2)CC1. The highest BCUT2D eigenvalue weighted by atomic mass is 16.3. The van der Waals surface area contributed by atoms with Crippen LogP contribution in [-0.4, -0.2) is 59.4 Å². The van der Waals surface area contributed by atoms with Crippen molar-refractivity contribution >= 4 is 11.9 Å². The van der Waals surface area contributed by atoms with Crippen LogP contribution in [0.4, 0.5) is 4.79 Å². The van der Waals surface area contributed by atoms with Crippen molar-refractivity contribution in [1.82, 2.24) is 14.7 Å². The fourth-order valence-electron chi connectivity index (χ4n) is 2.98. The number of carbonyl (C=O) groups excluding carboxylic acids is 2. The van der Waals surface area contributed by atoms with Gasteiger partial charge in [0.1, 0.15) is 0 Å². The van der Waals surface area contributed by atoms with Crippen molar-refractivity contribution in [1.29, 1.82) is 0 Å². The Labute approximate surface area is 147 Å². The van der Waals surface area contributed by atoms with Gasteiger partial charge in [-0.15, -0.1) is 0 Å². The van der Waals surface area contributed by atoms with Gasteiger partial charge in [0.05, 0.1) is 6.26 Å². The third-order valence-electron chi connectivity index (χ3n) is 4.44.